The van der Waals surface area contributed by atoms with Crippen molar-refractivity contribution >= 4 is 28.3 Å². The summed E-state index contributed by atoms with van der Waals surface area (Å²) in [6, 6.07) is 0. The first-order valence-electron chi connectivity index (χ1n) is 3.94. The van der Waals surface area contributed by atoms with Crippen LogP contribution in [0.5, 0.6) is 0 Å². The number of anilines is 1. The van der Waals surface area contributed by atoms with E-state index in [1.165, 1.54) is 7.05 Å². The molecule has 0 aliphatic carbocycles. The molecular weight excluding hydrogens is 204 g/mol. The van der Waals surface area contributed by atoms with Gasteiger partial charge in [0.25, 0.3) is 0 Å². The predicted molar refractivity (Wildman–Crippen MR) is 55.8 cm³/mol. The normalized spacial score (nSPS) is 10.4. The van der Waals surface area contributed by atoms with Crippen LogP contribution in [-0.2, 0) is 4.79 Å². The highest BCUT2D eigenvalue weighted by Gasteiger charge is 2.15. The first kappa shape index (κ1) is 12.5. The van der Waals surface area contributed by atoms with E-state index in [2.05, 4.69) is 14.3 Å². The smallest absolute Gasteiger partial charge is 0.358 e. The maximum atomic E-state index is 10.5. The molecule has 1 aromatic rings. The average Bonchev–Trinajstić information content (AvgIpc) is 2.56. The van der Waals surface area contributed by atoms with Crippen molar-refractivity contribution in [2.75, 3.05) is 12.8 Å². The van der Waals surface area contributed by atoms with Crippen LogP contribution < -0.4 is 5.73 Å². The first-order chi connectivity index (χ1) is 6.65. The Hall–Kier alpha value is -1.50. The maximum Gasteiger partial charge on any atom is 0.358 e. The third-order valence-electron chi connectivity index (χ3n) is 1.08. The fraction of sp³-hybridized carbons (Fsp3) is 0.429. The van der Waals surface area contributed by atoms with E-state index in [4.69, 9.17) is 10.8 Å². The van der Waals surface area contributed by atoms with E-state index < -0.39 is 5.97 Å². The third-order valence-corrected chi connectivity index (χ3v) is 1.62. The highest BCUT2D eigenvalue weighted by atomic mass is 32.1. The van der Waals surface area contributed by atoms with Gasteiger partial charge in [0.15, 0.2) is 16.7 Å². The number of hydrogen-bond donors (Lipinski definition) is 2. The largest absolute Gasteiger partial charge is 0.476 e. The summed E-state index contributed by atoms with van der Waals surface area (Å²) in [7, 11) is 1.36. The molecule has 0 bridgehead atoms. The van der Waals surface area contributed by atoms with E-state index in [-0.39, 0.29) is 16.7 Å². The van der Waals surface area contributed by atoms with Gasteiger partial charge < -0.3 is 10.8 Å². The number of aliphatic imine (C=N–C) groups is 1. The van der Waals surface area contributed by atoms with Crippen LogP contribution in [-0.4, -0.2) is 33.2 Å². The predicted octanol–water partition coefficient (Wildman–Crippen LogP) is 0.650. The molecule has 6 nitrogen and oxygen atoms in total. The molecule has 1 heterocycles. The van der Waals surface area contributed by atoms with Crippen molar-refractivity contribution in [2.45, 2.75) is 13.8 Å². The fourth-order valence-electron chi connectivity index (χ4n) is 0.623. The van der Waals surface area contributed by atoms with Crippen molar-refractivity contribution in [1.82, 2.24) is 9.36 Å². The van der Waals surface area contributed by atoms with Crippen molar-refractivity contribution in [1.29, 1.82) is 0 Å². The van der Waals surface area contributed by atoms with Crippen molar-refractivity contribution in [2.24, 2.45) is 4.99 Å². The summed E-state index contributed by atoms with van der Waals surface area (Å²) < 4.78 is 3.70. The molecule has 0 fully saturated rings. The van der Waals surface area contributed by atoms with E-state index in [1.54, 1.807) is 0 Å². The van der Waals surface area contributed by atoms with Crippen LogP contribution in [0.15, 0.2) is 4.99 Å². The lowest BCUT2D eigenvalue weighted by atomic mass is 10.3. The number of nitrogens with two attached hydrogens (primary N) is 1. The number of hydrogen-bond acceptors (Lipinski definition) is 6. The van der Waals surface area contributed by atoms with Crippen LogP contribution >= 0.6 is 11.5 Å². The second-order valence-corrected chi connectivity index (χ2v) is 2.62. The molecule has 7 heteroatoms. The number of nitrogen functional groups attached to an aromatic ring is 1. The van der Waals surface area contributed by atoms with Crippen LogP contribution in [0.3, 0.4) is 0 Å². The number of carboxylic acids is 1. The van der Waals surface area contributed by atoms with Crippen LogP contribution in [0.2, 0.25) is 0 Å². The Bertz CT molecular complexity index is 334. The maximum absolute atomic E-state index is 10.5. The molecule has 14 heavy (non-hydrogen) atoms. The van der Waals surface area contributed by atoms with Crippen molar-refractivity contribution < 1.29 is 9.90 Å². The second kappa shape index (κ2) is 6.03. The molecule has 0 atom stereocenters. The lowest BCUT2D eigenvalue weighted by Gasteiger charge is -1.90. The molecule has 0 aliphatic heterocycles. The SMILES string of the molecule is CC.CN=C(C(=O)O)c1nsc(N)n1. The number of nitrogens with zero attached hydrogens (tertiary/aromatic N) is 3. The zero-order valence-electron chi connectivity index (χ0n) is 8.18. The summed E-state index contributed by atoms with van der Waals surface area (Å²) in [5.41, 5.74) is 5.09. The summed E-state index contributed by atoms with van der Waals surface area (Å²) in [6.45, 7) is 4.00. The van der Waals surface area contributed by atoms with E-state index in [0.717, 1.165) is 11.5 Å². The van der Waals surface area contributed by atoms with Crippen LogP contribution in [0.1, 0.15) is 19.7 Å². The number of aliphatic carboxylic acids is 1. The standard InChI is InChI=1S/C5H6N4O2S.C2H6/c1-7-2(4(10)11)3-8-5(6)12-9-3;1-2/h1H3,(H,10,11)(H2,6,8,9);1-2H3. The Morgan fingerprint density at radius 1 is 1.57 bits per heavy atom. The van der Waals surface area contributed by atoms with Gasteiger partial charge in [-0.3, -0.25) is 4.99 Å². The molecule has 0 radical (unpaired) electrons. The molecule has 0 saturated carbocycles. The molecule has 0 aromatic carbocycles. The van der Waals surface area contributed by atoms with Gasteiger partial charge in [0.2, 0.25) is 0 Å². The highest BCUT2D eigenvalue weighted by molar-refractivity contribution is 7.09. The Morgan fingerprint density at radius 2 is 2.14 bits per heavy atom. The lowest BCUT2D eigenvalue weighted by molar-refractivity contribution is -0.129. The third kappa shape index (κ3) is 3.09. The van der Waals surface area contributed by atoms with Crippen molar-refractivity contribution in [3.05, 3.63) is 5.82 Å². The first-order valence-corrected chi connectivity index (χ1v) is 4.72. The summed E-state index contributed by atoms with van der Waals surface area (Å²) >= 11 is 0.938. The monoisotopic (exact) mass is 216 g/mol. The van der Waals surface area contributed by atoms with Gasteiger partial charge >= 0.3 is 5.97 Å². The zero-order valence-corrected chi connectivity index (χ0v) is 9.00. The number of carboxylic acid groups (broad SMARTS) is 1. The Balaban J connectivity index is 0.000000791. The highest BCUT2D eigenvalue weighted by Crippen LogP contribution is 2.06. The van der Waals surface area contributed by atoms with Crippen LogP contribution in [0.25, 0.3) is 0 Å². The van der Waals surface area contributed by atoms with Crippen molar-refractivity contribution in [3.8, 4) is 0 Å². The van der Waals surface area contributed by atoms with E-state index >= 15 is 0 Å². The van der Waals surface area contributed by atoms with Gasteiger partial charge in [-0.05, 0) is 0 Å². The zero-order chi connectivity index (χ0) is 11.1. The topological polar surface area (TPSA) is 101 Å². The molecule has 1 rings (SSSR count). The molecule has 1 aromatic heterocycles. The molecular formula is C7H12N4O2S. The molecule has 3 N–H and O–H groups in total. The van der Waals surface area contributed by atoms with Gasteiger partial charge in [0.1, 0.15) is 0 Å². The fourth-order valence-corrected chi connectivity index (χ4v) is 1.06. The molecule has 0 aliphatic rings. The number of aromatic nitrogens is 2. The van der Waals surface area contributed by atoms with E-state index in [1.807, 2.05) is 13.8 Å². The lowest BCUT2D eigenvalue weighted by Crippen LogP contribution is -2.15. The second-order valence-electron chi connectivity index (χ2n) is 1.83. The minimum absolute atomic E-state index is 0.0625. The van der Waals surface area contributed by atoms with Crippen LogP contribution in [0.4, 0.5) is 5.13 Å². The Morgan fingerprint density at radius 3 is 2.43 bits per heavy atom. The number of rotatable bonds is 2. The molecule has 0 amide bonds. The number of carbonyl (C=O) groups is 1. The molecule has 78 valence electrons. The summed E-state index contributed by atoms with van der Waals surface area (Å²) in [4.78, 5) is 17.7. The molecule has 0 unspecified atom stereocenters. The van der Waals surface area contributed by atoms with Gasteiger partial charge in [-0.25, -0.2) is 4.79 Å². The molecule has 0 saturated heterocycles. The van der Waals surface area contributed by atoms with Gasteiger partial charge in [0, 0.05) is 18.6 Å². The van der Waals surface area contributed by atoms with Gasteiger partial charge in [-0.2, -0.15) is 9.36 Å². The van der Waals surface area contributed by atoms with Gasteiger partial charge in [-0.15, -0.1) is 0 Å². The summed E-state index contributed by atoms with van der Waals surface area (Å²) in [5, 5.41) is 8.82. The Kier molecular flexibility index (Phi) is 5.38. The molecule has 0 spiro atoms. The minimum Gasteiger partial charge on any atom is -0.476 e. The van der Waals surface area contributed by atoms with Gasteiger partial charge in [0.05, 0.1) is 0 Å². The minimum atomic E-state index is -1.16. The van der Waals surface area contributed by atoms with Gasteiger partial charge in [-0.1, -0.05) is 13.8 Å². The summed E-state index contributed by atoms with van der Waals surface area (Å²) in [5.74, 6) is -1.09. The van der Waals surface area contributed by atoms with Crippen molar-refractivity contribution in [3.63, 3.8) is 0 Å². The quantitative estimate of drug-likeness (QED) is 0.707. The Labute approximate surface area is 85.7 Å². The average molecular weight is 216 g/mol. The van der Waals surface area contributed by atoms with E-state index in [0.29, 0.717) is 0 Å². The van der Waals surface area contributed by atoms with E-state index in [9.17, 15) is 4.79 Å². The van der Waals surface area contributed by atoms with Crippen LogP contribution in [0, 0.1) is 0 Å². The summed E-state index contributed by atoms with van der Waals surface area (Å²) in [6.07, 6.45) is 0.